The molecule has 0 fully saturated rings. The predicted octanol–water partition coefficient (Wildman–Crippen LogP) is 3.55. The van der Waals surface area contributed by atoms with Gasteiger partial charge >= 0.3 is 5.97 Å². The molecule has 17 heavy (non-hydrogen) atoms. The molecule has 0 saturated carbocycles. The number of hydrogen-bond acceptors (Lipinski definition) is 2. The summed E-state index contributed by atoms with van der Waals surface area (Å²) in [4.78, 5) is 12.1. The molecule has 1 aromatic carbocycles. The monoisotopic (exact) mass is 234 g/mol. The zero-order valence-corrected chi connectivity index (χ0v) is 11.4. The van der Waals surface area contributed by atoms with Crippen molar-refractivity contribution in [3.8, 4) is 0 Å². The first kappa shape index (κ1) is 13.8. The number of benzene rings is 1. The van der Waals surface area contributed by atoms with E-state index < -0.39 is 5.41 Å². The van der Waals surface area contributed by atoms with E-state index in [9.17, 15) is 4.79 Å². The number of hydrogen-bond donors (Lipinski definition) is 0. The first-order valence-electron chi connectivity index (χ1n) is 5.93. The minimum Gasteiger partial charge on any atom is -0.468 e. The zero-order chi connectivity index (χ0) is 13.1. The molecular formula is C15H22O2. The van der Waals surface area contributed by atoms with E-state index in [1.807, 2.05) is 37.3 Å². The molecule has 0 aromatic heterocycles. The summed E-state index contributed by atoms with van der Waals surface area (Å²) in [5.41, 5.74) is 0.509. The van der Waals surface area contributed by atoms with E-state index in [0.29, 0.717) is 0 Å². The summed E-state index contributed by atoms with van der Waals surface area (Å²) in [5, 5.41) is 0. The molecular weight excluding hydrogens is 212 g/mol. The number of rotatable bonds is 3. The van der Waals surface area contributed by atoms with Crippen LogP contribution in [-0.2, 0) is 14.9 Å². The lowest BCUT2D eigenvalue weighted by molar-refractivity contribution is -0.148. The average Bonchev–Trinajstić information content (AvgIpc) is 2.26. The van der Waals surface area contributed by atoms with E-state index in [-0.39, 0.29) is 11.4 Å². The van der Waals surface area contributed by atoms with Crippen LogP contribution in [0.5, 0.6) is 0 Å². The Bertz CT molecular complexity index is 376. The molecule has 0 aliphatic carbocycles. The lowest BCUT2D eigenvalue weighted by atomic mass is 9.71. The van der Waals surface area contributed by atoms with Gasteiger partial charge in [0.2, 0.25) is 0 Å². The summed E-state index contributed by atoms with van der Waals surface area (Å²) in [6.45, 7) is 8.37. The fourth-order valence-electron chi connectivity index (χ4n) is 2.38. The Morgan fingerprint density at radius 1 is 1.12 bits per heavy atom. The molecule has 1 unspecified atom stereocenters. The molecule has 0 bridgehead atoms. The van der Waals surface area contributed by atoms with Crippen molar-refractivity contribution in [1.29, 1.82) is 0 Å². The van der Waals surface area contributed by atoms with Crippen LogP contribution in [0.3, 0.4) is 0 Å². The molecule has 0 spiro atoms. The standard InChI is InChI=1S/C15H22O2/c1-14(2,3)11-15(4,13(16)17-5)12-9-7-6-8-10-12/h6-10H,11H2,1-5H3. The molecule has 1 atom stereocenters. The summed E-state index contributed by atoms with van der Waals surface area (Å²) in [6.07, 6.45) is 0.761. The fourth-order valence-corrected chi connectivity index (χ4v) is 2.38. The highest BCUT2D eigenvalue weighted by Gasteiger charge is 2.39. The smallest absolute Gasteiger partial charge is 0.316 e. The number of ether oxygens (including phenoxy) is 1. The van der Waals surface area contributed by atoms with Crippen molar-refractivity contribution in [2.24, 2.45) is 5.41 Å². The molecule has 0 amide bonds. The van der Waals surface area contributed by atoms with Gasteiger partial charge in [-0.2, -0.15) is 0 Å². The fraction of sp³-hybridized carbons (Fsp3) is 0.533. The molecule has 2 heteroatoms. The molecule has 0 radical (unpaired) electrons. The van der Waals surface area contributed by atoms with Crippen molar-refractivity contribution in [2.45, 2.75) is 39.5 Å². The normalized spacial score (nSPS) is 15.1. The Hall–Kier alpha value is -1.31. The SMILES string of the molecule is COC(=O)C(C)(CC(C)(C)C)c1ccccc1. The molecule has 1 rings (SSSR count). The summed E-state index contributed by atoms with van der Waals surface area (Å²) in [5.74, 6) is -0.168. The minimum absolute atomic E-state index is 0.0682. The minimum atomic E-state index is -0.575. The van der Waals surface area contributed by atoms with Crippen LogP contribution in [0.1, 0.15) is 39.7 Å². The highest BCUT2D eigenvalue weighted by molar-refractivity contribution is 5.82. The van der Waals surface area contributed by atoms with Gasteiger partial charge in [-0.15, -0.1) is 0 Å². The number of esters is 1. The van der Waals surface area contributed by atoms with Gasteiger partial charge in [0.15, 0.2) is 0 Å². The molecule has 0 N–H and O–H groups in total. The Morgan fingerprint density at radius 3 is 2.06 bits per heavy atom. The van der Waals surface area contributed by atoms with E-state index in [2.05, 4.69) is 20.8 Å². The number of methoxy groups -OCH3 is 1. The second kappa shape index (κ2) is 4.91. The lowest BCUT2D eigenvalue weighted by Gasteiger charge is -2.33. The highest BCUT2D eigenvalue weighted by Crippen LogP contribution is 2.37. The quantitative estimate of drug-likeness (QED) is 0.748. The first-order chi connectivity index (χ1) is 7.79. The molecule has 0 saturated heterocycles. The van der Waals surface area contributed by atoms with Crippen LogP contribution >= 0.6 is 0 Å². The van der Waals surface area contributed by atoms with Crippen molar-refractivity contribution in [2.75, 3.05) is 7.11 Å². The number of carbonyl (C=O) groups is 1. The Kier molecular flexibility index (Phi) is 3.97. The average molecular weight is 234 g/mol. The van der Waals surface area contributed by atoms with Crippen LogP contribution in [0, 0.1) is 5.41 Å². The summed E-state index contributed by atoms with van der Waals surface area (Å²) < 4.78 is 4.98. The van der Waals surface area contributed by atoms with Gasteiger partial charge in [0.05, 0.1) is 12.5 Å². The maximum Gasteiger partial charge on any atom is 0.316 e. The molecule has 0 heterocycles. The molecule has 0 aliphatic rings. The van der Waals surface area contributed by atoms with Gasteiger partial charge in [-0.1, -0.05) is 51.1 Å². The lowest BCUT2D eigenvalue weighted by Crippen LogP contribution is -2.37. The van der Waals surface area contributed by atoms with Gasteiger partial charge in [-0.3, -0.25) is 4.79 Å². The van der Waals surface area contributed by atoms with Gasteiger partial charge < -0.3 is 4.74 Å². The first-order valence-corrected chi connectivity index (χ1v) is 5.93. The van der Waals surface area contributed by atoms with Gasteiger partial charge in [0, 0.05) is 0 Å². The van der Waals surface area contributed by atoms with Crippen LogP contribution in [0.15, 0.2) is 30.3 Å². The van der Waals surface area contributed by atoms with Crippen LogP contribution < -0.4 is 0 Å². The van der Waals surface area contributed by atoms with Gasteiger partial charge in [0.25, 0.3) is 0 Å². The highest BCUT2D eigenvalue weighted by atomic mass is 16.5. The van der Waals surface area contributed by atoms with Crippen molar-refractivity contribution >= 4 is 5.97 Å². The maximum atomic E-state index is 12.1. The summed E-state index contributed by atoms with van der Waals surface area (Å²) >= 11 is 0. The van der Waals surface area contributed by atoms with E-state index in [4.69, 9.17) is 4.74 Å². The van der Waals surface area contributed by atoms with Crippen LogP contribution in [0.4, 0.5) is 0 Å². The molecule has 2 nitrogen and oxygen atoms in total. The number of carbonyl (C=O) groups excluding carboxylic acids is 1. The van der Waals surface area contributed by atoms with Crippen LogP contribution in [0.2, 0.25) is 0 Å². The van der Waals surface area contributed by atoms with E-state index in [1.54, 1.807) is 0 Å². The van der Waals surface area contributed by atoms with Crippen molar-refractivity contribution in [1.82, 2.24) is 0 Å². The third-order valence-electron chi connectivity index (χ3n) is 2.93. The molecule has 0 aliphatic heterocycles. The third kappa shape index (κ3) is 3.32. The van der Waals surface area contributed by atoms with Gasteiger partial charge in [-0.25, -0.2) is 0 Å². The third-order valence-corrected chi connectivity index (χ3v) is 2.93. The Balaban J connectivity index is 3.16. The van der Waals surface area contributed by atoms with Crippen molar-refractivity contribution in [3.63, 3.8) is 0 Å². The second-order valence-corrected chi connectivity index (χ2v) is 5.93. The van der Waals surface area contributed by atoms with Crippen LogP contribution in [-0.4, -0.2) is 13.1 Å². The van der Waals surface area contributed by atoms with Crippen LogP contribution in [0.25, 0.3) is 0 Å². The predicted molar refractivity (Wildman–Crippen MR) is 69.9 cm³/mol. The van der Waals surface area contributed by atoms with Gasteiger partial charge in [0.1, 0.15) is 0 Å². The Labute approximate surface area is 104 Å². The van der Waals surface area contributed by atoms with E-state index in [1.165, 1.54) is 7.11 Å². The van der Waals surface area contributed by atoms with Crippen molar-refractivity contribution < 1.29 is 9.53 Å². The second-order valence-electron chi connectivity index (χ2n) is 5.93. The largest absolute Gasteiger partial charge is 0.468 e. The van der Waals surface area contributed by atoms with E-state index in [0.717, 1.165) is 12.0 Å². The molecule has 1 aromatic rings. The zero-order valence-electron chi connectivity index (χ0n) is 11.4. The van der Waals surface area contributed by atoms with Gasteiger partial charge in [-0.05, 0) is 24.3 Å². The van der Waals surface area contributed by atoms with E-state index >= 15 is 0 Å². The maximum absolute atomic E-state index is 12.1. The Morgan fingerprint density at radius 2 is 1.65 bits per heavy atom. The molecule has 94 valence electrons. The van der Waals surface area contributed by atoms with Crippen molar-refractivity contribution in [3.05, 3.63) is 35.9 Å². The topological polar surface area (TPSA) is 26.3 Å². The summed E-state index contributed by atoms with van der Waals surface area (Å²) in [7, 11) is 1.45. The summed E-state index contributed by atoms with van der Waals surface area (Å²) in [6, 6.07) is 9.85.